The molecule has 1 fully saturated rings. The third-order valence-electron chi connectivity index (χ3n) is 8.79. The van der Waals surface area contributed by atoms with E-state index in [1.807, 2.05) is 12.1 Å². The van der Waals surface area contributed by atoms with Crippen LogP contribution in [-0.2, 0) is 21.7 Å². The van der Waals surface area contributed by atoms with Gasteiger partial charge in [-0.25, -0.2) is 0 Å². The molecule has 0 bridgehead atoms. The van der Waals surface area contributed by atoms with Gasteiger partial charge in [0.2, 0.25) is 0 Å². The molecule has 0 unspecified atom stereocenters. The van der Waals surface area contributed by atoms with Crippen molar-refractivity contribution < 1.29 is 20.4 Å². The number of aliphatic imine (C=N–C) groups is 2. The molecule has 6 nitrogen and oxygen atoms in total. The number of nitrogens with zero attached hydrogens (tertiary/aromatic N) is 2. The highest BCUT2D eigenvalue weighted by Gasteiger charge is 2.42. The van der Waals surface area contributed by atoms with E-state index < -0.39 is 12.1 Å². The summed E-state index contributed by atoms with van der Waals surface area (Å²) in [6, 6.07) is 7.34. The predicted octanol–water partition coefficient (Wildman–Crippen LogP) is 7.18. The summed E-state index contributed by atoms with van der Waals surface area (Å²) >= 11 is 0. The lowest BCUT2D eigenvalue weighted by molar-refractivity contribution is 0.198. The first-order valence-corrected chi connectivity index (χ1v) is 15.6. The Balaban J connectivity index is 2.12. The van der Waals surface area contributed by atoms with E-state index in [9.17, 15) is 20.4 Å². The SMILES string of the molecule is CC(C)(C)c1cc(C=N[C@H]2[C@H](CO)C[C@H](CO)[C@@H]2N=Cc2cc(C(C)(C)C)cc(C(C)(C)C)c2O)c(O)c(C(C)(C)C)c1. The number of phenols is 2. The van der Waals surface area contributed by atoms with Gasteiger partial charge in [-0.15, -0.1) is 0 Å². The van der Waals surface area contributed by atoms with Gasteiger partial charge in [0, 0.05) is 59.7 Å². The highest BCUT2D eigenvalue weighted by molar-refractivity contribution is 5.86. The average Bonchev–Trinajstić information content (AvgIpc) is 3.21. The van der Waals surface area contributed by atoms with Gasteiger partial charge in [-0.3, -0.25) is 9.98 Å². The van der Waals surface area contributed by atoms with Gasteiger partial charge < -0.3 is 20.4 Å². The van der Waals surface area contributed by atoms with Crippen molar-refractivity contribution in [3.05, 3.63) is 57.6 Å². The summed E-state index contributed by atoms with van der Waals surface area (Å²) in [6.07, 6.45) is 4.01. The molecule has 0 radical (unpaired) electrons. The zero-order valence-corrected chi connectivity index (χ0v) is 28.6. The Bertz CT molecular complexity index is 1240. The first kappa shape index (κ1) is 34.8. The van der Waals surface area contributed by atoms with Crippen molar-refractivity contribution in [1.82, 2.24) is 0 Å². The van der Waals surface area contributed by atoms with Crippen molar-refractivity contribution in [2.24, 2.45) is 21.8 Å². The van der Waals surface area contributed by atoms with Gasteiger partial charge >= 0.3 is 0 Å². The molecular weight excluding hydrogens is 536 g/mol. The molecule has 0 spiro atoms. The van der Waals surface area contributed by atoms with Crippen LogP contribution in [0.5, 0.6) is 11.5 Å². The summed E-state index contributed by atoms with van der Waals surface area (Å²) in [5.41, 5.74) is 4.42. The Hall–Kier alpha value is -2.70. The lowest BCUT2D eigenvalue weighted by Crippen LogP contribution is -2.28. The normalized spacial score (nSPS) is 22.3. The van der Waals surface area contributed by atoms with Gasteiger partial charge in [0.1, 0.15) is 11.5 Å². The number of rotatable bonds is 6. The molecule has 0 amide bonds. The van der Waals surface area contributed by atoms with Crippen molar-refractivity contribution in [2.75, 3.05) is 13.2 Å². The van der Waals surface area contributed by atoms with E-state index in [2.05, 4.69) is 95.2 Å². The summed E-state index contributed by atoms with van der Waals surface area (Å²) in [5.74, 6) is 0.0378. The van der Waals surface area contributed by atoms with Crippen LogP contribution in [0.1, 0.15) is 123 Å². The second-order valence-corrected chi connectivity index (χ2v) is 16.6. The third kappa shape index (κ3) is 7.88. The fourth-order valence-corrected chi connectivity index (χ4v) is 5.86. The zero-order chi connectivity index (χ0) is 32.7. The van der Waals surface area contributed by atoms with Gasteiger partial charge in [0.25, 0.3) is 0 Å². The van der Waals surface area contributed by atoms with Crippen molar-refractivity contribution >= 4 is 12.4 Å². The van der Waals surface area contributed by atoms with Crippen molar-refractivity contribution in [1.29, 1.82) is 0 Å². The van der Waals surface area contributed by atoms with Gasteiger partial charge in [-0.05, 0) is 51.3 Å². The van der Waals surface area contributed by atoms with E-state index in [0.717, 1.165) is 22.3 Å². The lowest BCUT2D eigenvalue weighted by Gasteiger charge is -2.27. The third-order valence-corrected chi connectivity index (χ3v) is 8.79. The molecule has 238 valence electrons. The number of aliphatic hydroxyl groups is 2. The summed E-state index contributed by atoms with van der Waals surface area (Å²) < 4.78 is 0. The van der Waals surface area contributed by atoms with Gasteiger partial charge in [-0.1, -0.05) is 95.2 Å². The van der Waals surface area contributed by atoms with Crippen LogP contribution in [0.15, 0.2) is 34.3 Å². The van der Waals surface area contributed by atoms with Crippen LogP contribution >= 0.6 is 0 Å². The van der Waals surface area contributed by atoms with Crippen LogP contribution < -0.4 is 0 Å². The highest BCUT2D eigenvalue weighted by atomic mass is 16.3. The molecule has 3 rings (SSSR count). The fraction of sp³-hybridized carbons (Fsp3) is 0.622. The topological polar surface area (TPSA) is 106 Å². The Kier molecular flexibility index (Phi) is 10.00. The number of phenolic OH excluding ortho intramolecular Hbond substituents is 2. The maximum absolute atomic E-state index is 11.3. The summed E-state index contributed by atoms with van der Waals surface area (Å²) in [5, 5.41) is 43.2. The van der Waals surface area contributed by atoms with Crippen LogP contribution in [-0.4, -0.2) is 58.2 Å². The largest absolute Gasteiger partial charge is 0.507 e. The van der Waals surface area contributed by atoms with E-state index in [-0.39, 0.29) is 58.2 Å². The minimum atomic E-state index is -0.399. The second-order valence-electron chi connectivity index (χ2n) is 16.6. The van der Waals surface area contributed by atoms with Crippen LogP contribution in [0.4, 0.5) is 0 Å². The number of hydrogen-bond acceptors (Lipinski definition) is 6. The first-order valence-electron chi connectivity index (χ1n) is 15.6. The molecule has 0 saturated heterocycles. The zero-order valence-electron chi connectivity index (χ0n) is 28.6. The van der Waals surface area contributed by atoms with E-state index in [1.54, 1.807) is 12.4 Å². The minimum Gasteiger partial charge on any atom is -0.507 e. The molecule has 1 saturated carbocycles. The Morgan fingerprint density at radius 3 is 1.16 bits per heavy atom. The Morgan fingerprint density at radius 1 is 0.581 bits per heavy atom. The summed E-state index contributed by atoms with van der Waals surface area (Å²) in [6.45, 7) is 25.2. The minimum absolute atomic E-state index is 0.0787. The first-order chi connectivity index (χ1) is 19.6. The highest BCUT2D eigenvalue weighted by Crippen LogP contribution is 2.40. The second kappa shape index (κ2) is 12.4. The van der Waals surface area contributed by atoms with Crippen molar-refractivity contribution in [3.8, 4) is 11.5 Å². The van der Waals surface area contributed by atoms with Crippen molar-refractivity contribution in [3.63, 3.8) is 0 Å². The van der Waals surface area contributed by atoms with Gasteiger partial charge in [0.15, 0.2) is 0 Å². The maximum Gasteiger partial charge on any atom is 0.128 e. The van der Waals surface area contributed by atoms with E-state index >= 15 is 0 Å². The number of benzene rings is 2. The fourth-order valence-electron chi connectivity index (χ4n) is 5.86. The van der Waals surface area contributed by atoms with Crippen molar-refractivity contribution in [2.45, 2.75) is 123 Å². The molecule has 1 aliphatic rings. The average molecular weight is 593 g/mol. The molecule has 4 atom stereocenters. The Labute approximate surface area is 260 Å². The van der Waals surface area contributed by atoms with Crippen LogP contribution in [0.2, 0.25) is 0 Å². The standard InChI is InChI=1S/C37H56N2O4/c1-34(2,3)26-14-22(32(42)28(16-26)36(7,8)9)18-38-30-24(20-40)13-25(21-41)31(30)39-19-23-15-27(35(4,5)6)17-29(33(23)43)37(10,11)12/h14-19,24-25,30-31,40-43H,13,20-21H2,1-12H3/t24-,25+,30-,31-/m0/s1. The predicted molar refractivity (Wildman–Crippen MR) is 180 cm³/mol. The molecular formula is C37H56N2O4. The maximum atomic E-state index is 11.3. The van der Waals surface area contributed by atoms with E-state index in [4.69, 9.17) is 9.98 Å². The van der Waals surface area contributed by atoms with Gasteiger partial charge in [0.05, 0.1) is 12.1 Å². The number of hydrogen-bond donors (Lipinski definition) is 4. The molecule has 4 N–H and O–H groups in total. The van der Waals surface area contributed by atoms with Crippen LogP contribution in [0, 0.1) is 11.8 Å². The molecule has 0 aromatic heterocycles. The number of aliphatic hydroxyl groups excluding tert-OH is 2. The molecule has 43 heavy (non-hydrogen) atoms. The van der Waals surface area contributed by atoms with E-state index in [1.165, 1.54) is 0 Å². The van der Waals surface area contributed by atoms with E-state index in [0.29, 0.717) is 17.5 Å². The molecule has 0 heterocycles. The summed E-state index contributed by atoms with van der Waals surface area (Å²) in [7, 11) is 0. The molecule has 1 aliphatic carbocycles. The molecule has 2 aromatic rings. The molecule has 6 heteroatoms. The summed E-state index contributed by atoms with van der Waals surface area (Å²) in [4.78, 5) is 9.90. The lowest BCUT2D eigenvalue weighted by atomic mass is 9.79. The van der Waals surface area contributed by atoms with Crippen LogP contribution in [0.25, 0.3) is 0 Å². The monoisotopic (exact) mass is 592 g/mol. The smallest absolute Gasteiger partial charge is 0.128 e. The number of aromatic hydroxyl groups is 2. The molecule has 2 aromatic carbocycles. The van der Waals surface area contributed by atoms with Crippen LogP contribution in [0.3, 0.4) is 0 Å². The van der Waals surface area contributed by atoms with Gasteiger partial charge in [-0.2, -0.15) is 0 Å². The quantitative estimate of drug-likeness (QED) is 0.267. The molecule has 0 aliphatic heterocycles. The Morgan fingerprint density at radius 2 is 0.907 bits per heavy atom.